The van der Waals surface area contributed by atoms with Crippen molar-refractivity contribution < 1.29 is 4.42 Å². The van der Waals surface area contributed by atoms with Gasteiger partial charge in [0.05, 0.1) is 12.5 Å². The molecule has 1 heterocycles. The molecule has 1 fully saturated rings. The highest BCUT2D eigenvalue weighted by Crippen LogP contribution is 2.46. The first kappa shape index (κ1) is 13.7. The zero-order valence-electron chi connectivity index (χ0n) is 12.6. The Kier molecular flexibility index (Phi) is 3.62. The molecule has 2 unspecified atom stereocenters. The molecule has 0 amide bonds. The lowest BCUT2D eigenvalue weighted by Crippen LogP contribution is -2.21. The fourth-order valence-corrected chi connectivity index (χ4v) is 3.54. The molecule has 0 radical (unpaired) electrons. The van der Waals surface area contributed by atoms with Crippen molar-refractivity contribution in [2.24, 2.45) is 17.3 Å². The first-order valence-corrected chi connectivity index (χ1v) is 7.32. The van der Waals surface area contributed by atoms with Crippen LogP contribution in [0.2, 0.25) is 0 Å². The van der Waals surface area contributed by atoms with Gasteiger partial charge in [-0.25, -0.2) is 0 Å². The fourth-order valence-electron chi connectivity index (χ4n) is 3.54. The molecule has 1 saturated carbocycles. The molecule has 0 aromatic carbocycles. The first-order valence-electron chi connectivity index (χ1n) is 7.32. The van der Waals surface area contributed by atoms with Gasteiger partial charge in [-0.1, -0.05) is 41.0 Å². The van der Waals surface area contributed by atoms with Crippen molar-refractivity contribution in [2.45, 2.75) is 65.7 Å². The summed E-state index contributed by atoms with van der Waals surface area (Å²) in [4.78, 5) is 0. The second-order valence-electron chi connectivity index (χ2n) is 7.84. The lowest BCUT2D eigenvalue weighted by atomic mass is 9.75. The minimum Gasteiger partial charge on any atom is -0.472 e. The molecule has 18 heavy (non-hydrogen) atoms. The van der Waals surface area contributed by atoms with Crippen LogP contribution >= 0.6 is 0 Å². The molecular formula is C17H28O. The van der Waals surface area contributed by atoms with Crippen LogP contribution in [0.5, 0.6) is 0 Å². The quantitative estimate of drug-likeness (QED) is 0.697. The molecule has 0 spiro atoms. The molecule has 1 nitrogen and oxygen atoms in total. The SMILES string of the molecule is CC(C)(CC1CCC(C(C)(C)C)C1)c1ccoc1. The van der Waals surface area contributed by atoms with Gasteiger partial charge in [0, 0.05) is 0 Å². The number of hydrogen-bond acceptors (Lipinski definition) is 1. The van der Waals surface area contributed by atoms with Crippen molar-refractivity contribution in [3.8, 4) is 0 Å². The van der Waals surface area contributed by atoms with Crippen molar-refractivity contribution in [1.82, 2.24) is 0 Å². The third-order valence-electron chi connectivity index (χ3n) is 4.87. The Balaban J connectivity index is 1.96. The molecule has 0 aliphatic heterocycles. The standard InChI is InChI=1S/C17H28O/c1-16(2,3)14-7-6-13(10-14)11-17(4,5)15-8-9-18-12-15/h8-9,12-14H,6-7,10-11H2,1-5H3. The maximum atomic E-state index is 5.24. The fraction of sp³-hybridized carbons (Fsp3) is 0.765. The van der Waals surface area contributed by atoms with Gasteiger partial charge in [0.15, 0.2) is 0 Å². The minimum absolute atomic E-state index is 0.254. The van der Waals surface area contributed by atoms with Crippen molar-refractivity contribution in [1.29, 1.82) is 0 Å². The van der Waals surface area contributed by atoms with E-state index >= 15 is 0 Å². The molecule has 0 bridgehead atoms. The van der Waals surface area contributed by atoms with Gasteiger partial charge in [0.2, 0.25) is 0 Å². The van der Waals surface area contributed by atoms with Crippen LogP contribution in [0.3, 0.4) is 0 Å². The van der Waals surface area contributed by atoms with E-state index in [-0.39, 0.29) is 5.41 Å². The molecular weight excluding hydrogens is 220 g/mol. The van der Waals surface area contributed by atoms with Crippen LogP contribution in [0.4, 0.5) is 0 Å². The van der Waals surface area contributed by atoms with Crippen LogP contribution in [0.1, 0.15) is 65.9 Å². The summed E-state index contributed by atoms with van der Waals surface area (Å²) in [5.74, 6) is 1.79. The Morgan fingerprint density at radius 2 is 1.89 bits per heavy atom. The van der Waals surface area contributed by atoms with E-state index in [4.69, 9.17) is 4.42 Å². The topological polar surface area (TPSA) is 13.1 Å². The summed E-state index contributed by atoms with van der Waals surface area (Å²) in [7, 11) is 0. The summed E-state index contributed by atoms with van der Waals surface area (Å²) >= 11 is 0. The summed E-state index contributed by atoms with van der Waals surface area (Å²) in [6.07, 6.45) is 9.22. The average molecular weight is 248 g/mol. The number of rotatable bonds is 3. The van der Waals surface area contributed by atoms with Gasteiger partial charge in [-0.05, 0) is 53.6 Å². The highest BCUT2D eigenvalue weighted by molar-refractivity contribution is 5.18. The van der Waals surface area contributed by atoms with Gasteiger partial charge in [0.25, 0.3) is 0 Å². The van der Waals surface area contributed by atoms with E-state index in [9.17, 15) is 0 Å². The molecule has 102 valence electrons. The normalized spacial score (nSPS) is 25.6. The van der Waals surface area contributed by atoms with Crippen LogP contribution in [-0.2, 0) is 5.41 Å². The lowest BCUT2D eigenvalue weighted by molar-refractivity contribution is 0.232. The van der Waals surface area contributed by atoms with E-state index in [2.05, 4.69) is 40.7 Å². The molecule has 2 rings (SSSR count). The number of hydrogen-bond donors (Lipinski definition) is 0. The predicted octanol–water partition coefficient (Wildman–Crippen LogP) is 5.41. The van der Waals surface area contributed by atoms with Crippen LogP contribution in [-0.4, -0.2) is 0 Å². The second-order valence-corrected chi connectivity index (χ2v) is 7.84. The molecule has 1 aliphatic carbocycles. The Hall–Kier alpha value is -0.720. The van der Waals surface area contributed by atoms with E-state index in [0.29, 0.717) is 5.41 Å². The molecule has 1 heteroatoms. The van der Waals surface area contributed by atoms with E-state index in [0.717, 1.165) is 11.8 Å². The highest BCUT2D eigenvalue weighted by atomic mass is 16.3. The molecule has 0 saturated heterocycles. The van der Waals surface area contributed by atoms with Crippen LogP contribution < -0.4 is 0 Å². The smallest absolute Gasteiger partial charge is 0.0939 e. The van der Waals surface area contributed by atoms with Crippen LogP contribution in [0.25, 0.3) is 0 Å². The van der Waals surface area contributed by atoms with E-state index in [1.165, 1.54) is 31.2 Å². The summed E-state index contributed by atoms with van der Waals surface area (Å²) in [5, 5.41) is 0. The molecule has 0 N–H and O–H groups in total. The predicted molar refractivity (Wildman–Crippen MR) is 76.6 cm³/mol. The van der Waals surface area contributed by atoms with Gasteiger partial charge >= 0.3 is 0 Å². The lowest BCUT2D eigenvalue weighted by Gasteiger charge is -2.29. The van der Waals surface area contributed by atoms with Gasteiger partial charge < -0.3 is 4.42 Å². The maximum absolute atomic E-state index is 5.24. The largest absolute Gasteiger partial charge is 0.472 e. The summed E-state index contributed by atoms with van der Waals surface area (Å²) < 4.78 is 5.24. The van der Waals surface area contributed by atoms with Crippen molar-refractivity contribution in [2.75, 3.05) is 0 Å². The summed E-state index contributed by atoms with van der Waals surface area (Å²) in [6, 6.07) is 2.12. The first-order chi connectivity index (χ1) is 8.29. The van der Waals surface area contributed by atoms with E-state index in [1.54, 1.807) is 6.26 Å². The Bertz CT molecular complexity index is 367. The van der Waals surface area contributed by atoms with Crippen LogP contribution in [0, 0.1) is 17.3 Å². The Labute approximate surface area is 112 Å². The summed E-state index contributed by atoms with van der Waals surface area (Å²) in [5.41, 5.74) is 2.08. The molecule has 1 aliphatic rings. The van der Waals surface area contributed by atoms with Crippen molar-refractivity contribution in [3.63, 3.8) is 0 Å². The van der Waals surface area contributed by atoms with E-state index < -0.39 is 0 Å². The Morgan fingerprint density at radius 1 is 1.17 bits per heavy atom. The third kappa shape index (κ3) is 2.99. The third-order valence-corrected chi connectivity index (χ3v) is 4.87. The zero-order chi connectivity index (χ0) is 13.4. The summed E-state index contributed by atoms with van der Waals surface area (Å²) in [6.45, 7) is 11.9. The van der Waals surface area contributed by atoms with Crippen molar-refractivity contribution >= 4 is 0 Å². The van der Waals surface area contributed by atoms with Gasteiger partial charge in [0.1, 0.15) is 0 Å². The molecule has 1 aromatic rings. The highest BCUT2D eigenvalue weighted by Gasteiger charge is 2.36. The minimum atomic E-state index is 0.254. The van der Waals surface area contributed by atoms with Crippen LogP contribution in [0.15, 0.2) is 23.0 Å². The molecule has 2 atom stereocenters. The zero-order valence-corrected chi connectivity index (χ0v) is 12.6. The Morgan fingerprint density at radius 3 is 2.39 bits per heavy atom. The second kappa shape index (κ2) is 4.75. The van der Waals surface area contributed by atoms with Gasteiger partial charge in [-0.3, -0.25) is 0 Å². The average Bonchev–Trinajstić information content (AvgIpc) is 2.83. The van der Waals surface area contributed by atoms with Gasteiger partial charge in [-0.2, -0.15) is 0 Å². The monoisotopic (exact) mass is 248 g/mol. The maximum Gasteiger partial charge on any atom is 0.0939 e. The van der Waals surface area contributed by atoms with Crippen molar-refractivity contribution in [3.05, 3.63) is 24.2 Å². The number of furan rings is 1. The molecule has 1 aromatic heterocycles. The van der Waals surface area contributed by atoms with E-state index in [1.807, 2.05) is 6.26 Å². The van der Waals surface area contributed by atoms with Gasteiger partial charge in [-0.15, -0.1) is 0 Å².